The molecule has 2 amide bonds. The van der Waals surface area contributed by atoms with Gasteiger partial charge in [0.25, 0.3) is 5.24 Å². The third-order valence-electron chi connectivity index (χ3n) is 3.88. The van der Waals surface area contributed by atoms with Gasteiger partial charge in [0, 0.05) is 19.1 Å². The molecular formula is C11H16N2O4S2. The number of sulfonamides is 1. The van der Waals surface area contributed by atoms with Crippen molar-refractivity contribution in [2.45, 2.75) is 37.0 Å². The summed E-state index contributed by atoms with van der Waals surface area (Å²) in [5.41, 5.74) is 0. The third-order valence-corrected chi connectivity index (χ3v) is 7.11. The van der Waals surface area contributed by atoms with E-state index in [0.717, 1.165) is 24.6 Å². The van der Waals surface area contributed by atoms with E-state index in [1.165, 1.54) is 9.21 Å². The highest BCUT2D eigenvalue weighted by Crippen LogP contribution is 2.33. The SMILES string of the molecule is O=C1CSC(=O)N1C1CCN(S(=O)(=O)C2CC2)CC1. The Hall–Kier alpha value is -0.600. The molecule has 0 spiro atoms. The lowest BCUT2D eigenvalue weighted by Crippen LogP contribution is -2.48. The van der Waals surface area contributed by atoms with E-state index in [1.54, 1.807) is 0 Å². The van der Waals surface area contributed by atoms with Crippen molar-refractivity contribution >= 4 is 32.9 Å². The first kappa shape index (κ1) is 13.4. The molecule has 0 unspecified atom stereocenters. The van der Waals surface area contributed by atoms with Crippen molar-refractivity contribution in [3.8, 4) is 0 Å². The molecule has 2 heterocycles. The van der Waals surface area contributed by atoms with Crippen LogP contribution in [0.3, 0.4) is 0 Å². The van der Waals surface area contributed by atoms with E-state index in [1.807, 2.05) is 0 Å². The summed E-state index contributed by atoms with van der Waals surface area (Å²) in [7, 11) is -3.12. The molecular weight excluding hydrogens is 288 g/mol. The Labute approximate surface area is 116 Å². The predicted octanol–water partition coefficient (Wildman–Crippen LogP) is 0.638. The van der Waals surface area contributed by atoms with E-state index in [4.69, 9.17) is 0 Å². The molecule has 0 aromatic heterocycles. The van der Waals surface area contributed by atoms with Crippen molar-refractivity contribution in [2.24, 2.45) is 0 Å². The second-order valence-corrected chi connectivity index (χ2v) is 8.33. The van der Waals surface area contributed by atoms with Gasteiger partial charge in [0.15, 0.2) is 0 Å². The number of piperidine rings is 1. The molecule has 1 saturated carbocycles. The Balaban J connectivity index is 1.63. The first-order chi connectivity index (χ1) is 9.00. The molecule has 3 aliphatic rings. The monoisotopic (exact) mass is 304 g/mol. The molecule has 106 valence electrons. The fourth-order valence-electron chi connectivity index (χ4n) is 2.65. The summed E-state index contributed by atoms with van der Waals surface area (Å²) in [6.07, 6.45) is 2.65. The number of carbonyl (C=O) groups is 2. The van der Waals surface area contributed by atoms with Gasteiger partial charge < -0.3 is 0 Å². The summed E-state index contributed by atoms with van der Waals surface area (Å²) in [6, 6.07) is -0.124. The Morgan fingerprint density at radius 3 is 2.16 bits per heavy atom. The summed E-state index contributed by atoms with van der Waals surface area (Å²) >= 11 is 1.03. The highest BCUT2D eigenvalue weighted by Gasteiger charge is 2.43. The first-order valence-electron chi connectivity index (χ1n) is 6.48. The summed E-state index contributed by atoms with van der Waals surface area (Å²) in [4.78, 5) is 24.6. The fourth-order valence-corrected chi connectivity index (χ4v) is 5.30. The van der Waals surface area contributed by atoms with Crippen molar-refractivity contribution < 1.29 is 18.0 Å². The van der Waals surface area contributed by atoms with E-state index in [9.17, 15) is 18.0 Å². The highest BCUT2D eigenvalue weighted by molar-refractivity contribution is 8.14. The Kier molecular flexibility index (Phi) is 3.34. The van der Waals surface area contributed by atoms with E-state index in [-0.39, 0.29) is 28.2 Å². The molecule has 0 N–H and O–H groups in total. The van der Waals surface area contributed by atoms with Crippen LogP contribution in [0.4, 0.5) is 4.79 Å². The van der Waals surface area contributed by atoms with Crippen molar-refractivity contribution in [1.82, 2.24) is 9.21 Å². The highest BCUT2D eigenvalue weighted by atomic mass is 32.2. The minimum Gasteiger partial charge on any atom is -0.273 e. The summed E-state index contributed by atoms with van der Waals surface area (Å²) < 4.78 is 25.7. The predicted molar refractivity (Wildman–Crippen MR) is 71.2 cm³/mol. The molecule has 0 atom stereocenters. The van der Waals surface area contributed by atoms with Crippen LogP contribution in [0.5, 0.6) is 0 Å². The van der Waals surface area contributed by atoms with E-state index in [0.29, 0.717) is 25.9 Å². The van der Waals surface area contributed by atoms with Crippen molar-refractivity contribution in [2.75, 3.05) is 18.8 Å². The maximum atomic E-state index is 12.1. The number of imide groups is 1. The zero-order chi connectivity index (χ0) is 13.6. The lowest BCUT2D eigenvalue weighted by atomic mass is 10.1. The van der Waals surface area contributed by atoms with Gasteiger partial charge in [-0.05, 0) is 25.7 Å². The van der Waals surface area contributed by atoms with Crippen molar-refractivity contribution in [3.05, 3.63) is 0 Å². The average molecular weight is 304 g/mol. The van der Waals surface area contributed by atoms with Crippen LogP contribution in [0.2, 0.25) is 0 Å². The van der Waals surface area contributed by atoms with E-state index < -0.39 is 10.0 Å². The van der Waals surface area contributed by atoms with Crippen LogP contribution in [0.1, 0.15) is 25.7 Å². The van der Waals surface area contributed by atoms with Crippen LogP contribution in [0.25, 0.3) is 0 Å². The number of nitrogens with zero attached hydrogens (tertiary/aromatic N) is 2. The maximum absolute atomic E-state index is 12.1. The number of thioether (sulfide) groups is 1. The van der Waals surface area contributed by atoms with Crippen LogP contribution in [-0.2, 0) is 14.8 Å². The molecule has 3 rings (SSSR count). The van der Waals surface area contributed by atoms with Gasteiger partial charge in [-0.1, -0.05) is 11.8 Å². The van der Waals surface area contributed by atoms with Gasteiger partial charge in [-0.3, -0.25) is 14.5 Å². The molecule has 0 radical (unpaired) electrons. The van der Waals surface area contributed by atoms with Crippen molar-refractivity contribution in [1.29, 1.82) is 0 Å². The Bertz CT molecular complexity index is 491. The molecule has 2 saturated heterocycles. The summed E-state index contributed by atoms with van der Waals surface area (Å²) in [6.45, 7) is 0.844. The van der Waals surface area contributed by atoms with Gasteiger partial charge in [-0.2, -0.15) is 0 Å². The zero-order valence-corrected chi connectivity index (χ0v) is 12.1. The second-order valence-electron chi connectivity index (χ2n) is 5.19. The molecule has 8 heteroatoms. The van der Waals surface area contributed by atoms with Crippen LogP contribution >= 0.6 is 11.8 Å². The number of carbonyl (C=O) groups excluding carboxylic acids is 2. The first-order valence-corrected chi connectivity index (χ1v) is 8.97. The van der Waals surface area contributed by atoms with Gasteiger partial charge in [0.1, 0.15) is 0 Å². The minimum atomic E-state index is -3.12. The molecule has 0 bridgehead atoms. The lowest BCUT2D eigenvalue weighted by molar-refractivity contribution is -0.126. The molecule has 2 aliphatic heterocycles. The smallest absolute Gasteiger partial charge is 0.273 e. The second kappa shape index (κ2) is 4.75. The van der Waals surface area contributed by atoms with Crippen LogP contribution in [0, 0.1) is 0 Å². The quantitative estimate of drug-likeness (QED) is 0.765. The number of hydrogen-bond acceptors (Lipinski definition) is 5. The van der Waals surface area contributed by atoms with Gasteiger partial charge in [-0.15, -0.1) is 0 Å². The van der Waals surface area contributed by atoms with Crippen molar-refractivity contribution in [3.63, 3.8) is 0 Å². The standard InChI is InChI=1S/C11H16N2O4S2/c14-10-7-18-11(15)13(10)8-3-5-12(6-4-8)19(16,17)9-1-2-9/h8-9H,1-7H2. The minimum absolute atomic E-state index is 0.124. The largest absolute Gasteiger partial charge is 0.289 e. The van der Waals surface area contributed by atoms with Gasteiger partial charge in [0.05, 0.1) is 11.0 Å². The Morgan fingerprint density at radius 1 is 1.05 bits per heavy atom. The Morgan fingerprint density at radius 2 is 1.68 bits per heavy atom. The fraction of sp³-hybridized carbons (Fsp3) is 0.818. The maximum Gasteiger partial charge on any atom is 0.289 e. The summed E-state index contributed by atoms with van der Waals surface area (Å²) in [5, 5.41) is -0.372. The topological polar surface area (TPSA) is 74.8 Å². The van der Waals surface area contributed by atoms with Crippen LogP contribution in [-0.4, -0.2) is 58.9 Å². The molecule has 1 aliphatic carbocycles. The van der Waals surface area contributed by atoms with Gasteiger partial charge in [-0.25, -0.2) is 12.7 Å². The zero-order valence-electron chi connectivity index (χ0n) is 10.4. The normalized spacial score (nSPS) is 27.3. The number of amides is 2. The molecule has 19 heavy (non-hydrogen) atoms. The van der Waals surface area contributed by atoms with E-state index in [2.05, 4.69) is 0 Å². The molecule has 0 aromatic rings. The summed E-state index contributed by atoms with van der Waals surface area (Å²) in [5.74, 6) is 0.0814. The number of rotatable bonds is 3. The number of hydrogen-bond donors (Lipinski definition) is 0. The van der Waals surface area contributed by atoms with Crippen LogP contribution in [0.15, 0.2) is 0 Å². The van der Waals surface area contributed by atoms with Crippen LogP contribution < -0.4 is 0 Å². The molecule has 0 aromatic carbocycles. The molecule has 3 fully saturated rings. The molecule has 6 nitrogen and oxygen atoms in total. The van der Waals surface area contributed by atoms with Gasteiger partial charge >= 0.3 is 0 Å². The van der Waals surface area contributed by atoms with Gasteiger partial charge in [0.2, 0.25) is 15.9 Å². The average Bonchev–Trinajstić information content (AvgIpc) is 3.18. The third kappa shape index (κ3) is 2.41. The lowest BCUT2D eigenvalue weighted by Gasteiger charge is -2.34. The van der Waals surface area contributed by atoms with E-state index >= 15 is 0 Å².